The summed E-state index contributed by atoms with van der Waals surface area (Å²) in [6, 6.07) is 2.01. The molecule has 0 N–H and O–H groups in total. The Morgan fingerprint density at radius 3 is 2.50 bits per heavy atom. The lowest BCUT2D eigenvalue weighted by atomic mass is 10.3. The normalized spacial score (nSPS) is 9.92. The molecular weight excluding hydrogens is 208 g/mol. The van der Waals surface area contributed by atoms with Crippen molar-refractivity contribution in [2.45, 2.75) is 0 Å². The van der Waals surface area contributed by atoms with E-state index in [1.807, 2.05) is 0 Å². The number of halogens is 3. The second-order valence-electron chi connectivity index (χ2n) is 1.98. The zero-order chi connectivity index (χ0) is 9.30. The van der Waals surface area contributed by atoms with Gasteiger partial charge in [0.05, 0.1) is 9.95 Å². The zero-order valence-corrected chi connectivity index (χ0v) is 7.06. The molecular formula is C6H2Cl2FNO2. The molecule has 64 valence electrons. The summed E-state index contributed by atoms with van der Waals surface area (Å²) in [6.07, 6.45) is 0. The van der Waals surface area contributed by atoms with E-state index in [0.29, 0.717) is 0 Å². The molecule has 0 aliphatic rings. The van der Waals surface area contributed by atoms with Crippen LogP contribution in [0.2, 0.25) is 10.0 Å². The van der Waals surface area contributed by atoms with Crippen LogP contribution >= 0.6 is 23.2 Å². The average molecular weight is 210 g/mol. The number of rotatable bonds is 1. The molecule has 0 aliphatic carbocycles. The zero-order valence-electron chi connectivity index (χ0n) is 5.55. The average Bonchev–Trinajstić information content (AvgIpc) is 1.96. The van der Waals surface area contributed by atoms with Gasteiger partial charge in [0, 0.05) is 11.1 Å². The van der Waals surface area contributed by atoms with Gasteiger partial charge in [-0.3, -0.25) is 10.1 Å². The van der Waals surface area contributed by atoms with Gasteiger partial charge in [-0.25, -0.2) is 0 Å². The summed E-state index contributed by atoms with van der Waals surface area (Å²) in [4.78, 5) is 9.29. The Morgan fingerprint density at radius 2 is 2.00 bits per heavy atom. The van der Waals surface area contributed by atoms with Crippen LogP contribution in [0.5, 0.6) is 0 Å². The number of nitrogens with zero attached hydrogens (tertiary/aromatic N) is 1. The van der Waals surface area contributed by atoms with Gasteiger partial charge in [-0.15, -0.1) is 0 Å². The second kappa shape index (κ2) is 3.25. The maximum Gasteiger partial charge on any atom is 0.307 e. The molecule has 1 aromatic carbocycles. The van der Waals surface area contributed by atoms with Crippen LogP contribution in [-0.2, 0) is 0 Å². The highest BCUT2D eigenvalue weighted by Crippen LogP contribution is 2.28. The Bertz CT molecular complexity index is 343. The van der Waals surface area contributed by atoms with Crippen molar-refractivity contribution in [3.05, 3.63) is 38.1 Å². The van der Waals surface area contributed by atoms with E-state index in [1.54, 1.807) is 0 Å². The largest absolute Gasteiger partial charge is 0.307 e. The van der Waals surface area contributed by atoms with Gasteiger partial charge in [0.1, 0.15) is 0 Å². The molecule has 0 aliphatic heterocycles. The van der Waals surface area contributed by atoms with Crippen LogP contribution in [0.1, 0.15) is 0 Å². The number of hydrogen-bond acceptors (Lipinski definition) is 2. The third-order valence-corrected chi connectivity index (χ3v) is 1.66. The predicted molar refractivity (Wildman–Crippen MR) is 43.1 cm³/mol. The van der Waals surface area contributed by atoms with E-state index >= 15 is 0 Å². The first-order valence-electron chi connectivity index (χ1n) is 2.81. The molecule has 0 saturated heterocycles. The van der Waals surface area contributed by atoms with Gasteiger partial charge in [-0.2, -0.15) is 4.39 Å². The van der Waals surface area contributed by atoms with Gasteiger partial charge in [-0.05, 0) is 6.07 Å². The molecule has 0 amide bonds. The van der Waals surface area contributed by atoms with Gasteiger partial charge < -0.3 is 0 Å². The van der Waals surface area contributed by atoms with Crippen molar-refractivity contribution in [3.8, 4) is 0 Å². The van der Waals surface area contributed by atoms with Crippen LogP contribution < -0.4 is 0 Å². The summed E-state index contributed by atoms with van der Waals surface area (Å²) in [5, 5.41) is 9.86. The quantitative estimate of drug-likeness (QED) is 0.406. The molecule has 0 spiro atoms. The van der Waals surface area contributed by atoms with E-state index in [-0.39, 0.29) is 10.0 Å². The van der Waals surface area contributed by atoms with Crippen molar-refractivity contribution >= 4 is 28.9 Å². The molecule has 0 aromatic heterocycles. The first-order valence-corrected chi connectivity index (χ1v) is 3.57. The fourth-order valence-corrected chi connectivity index (χ4v) is 1.16. The fraction of sp³-hybridized carbons (Fsp3) is 0. The summed E-state index contributed by atoms with van der Waals surface area (Å²) in [5.41, 5.74) is -0.715. The maximum absolute atomic E-state index is 12.8. The highest BCUT2D eigenvalue weighted by atomic mass is 35.5. The molecule has 0 atom stereocenters. The molecule has 0 radical (unpaired) electrons. The SMILES string of the molecule is O=[N+]([O-])c1cc(Cl)cc(Cl)c1F. The van der Waals surface area contributed by atoms with Crippen molar-refractivity contribution in [3.63, 3.8) is 0 Å². The van der Waals surface area contributed by atoms with E-state index in [9.17, 15) is 14.5 Å². The lowest BCUT2D eigenvalue weighted by Crippen LogP contribution is -1.92. The fourth-order valence-electron chi connectivity index (χ4n) is 0.675. The van der Waals surface area contributed by atoms with Gasteiger partial charge in [0.25, 0.3) is 0 Å². The second-order valence-corrected chi connectivity index (χ2v) is 2.82. The number of benzene rings is 1. The van der Waals surface area contributed by atoms with E-state index in [0.717, 1.165) is 12.1 Å². The summed E-state index contributed by atoms with van der Waals surface area (Å²) >= 11 is 10.7. The van der Waals surface area contributed by atoms with Crippen molar-refractivity contribution in [1.29, 1.82) is 0 Å². The molecule has 0 fully saturated rings. The Balaban J connectivity index is 3.37. The molecule has 0 unspecified atom stereocenters. The predicted octanol–water partition coefficient (Wildman–Crippen LogP) is 3.04. The topological polar surface area (TPSA) is 43.1 Å². The minimum Gasteiger partial charge on any atom is -0.258 e. The molecule has 1 rings (SSSR count). The lowest BCUT2D eigenvalue weighted by Gasteiger charge is -1.96. The first-order chi connectivity index (χ1) is 5.52. The van der Waals surface area contributed by atoms with Crippen molar-refractivity contribution < 1.29 is 9.31 Å². The molecule has 6 heteroatoms. The molecule has 0 bridgehead atoms. The Hall–Kier alpha value is -0.870. The van der Waals surface area contributed by atoms with Crippen LogP contribution in [0.3, 0.4) is 0 Å². The third-order valence-electron chi connectivity index (χ3n) is 1.17. The van der Waals surface area contributed by atoms with Crippen molar-refractivity contribution in [2.75, 3.05) is 0 Å². The molecule has 0 heterocycles. The Labute approximate surface area is 76.9 Å². The summed E-state index contributed by atoms with van der Waals surface area (Å²) in [6.45, 7) is 0. The number of nitro benzene ring substituents is 1. The summed E-state index contributed by atoms with van der Waals surface area (Å²) < 4.78 is 12.8. The lowest BCUT2D eigenvalue weighted by molar-refractivity contribution is -0.387. The minimum atomic E-state index is -1.06. The molecule has 0 saturated carbocycles. The Morgan fingerprint density at radius 1 is 1.42 bits per heavy atom. The van der Waals surface area contributed by atoms with Crippen LogP contribution in [-0.4, -0.2) is 4.92 Å². The molecule has 12 heavy (non-hydrogen) atoms. The van der Waals surface area contributed by atoms with Gasteiger partial charge in [0.2, 0.25) is 5.82 Å². The smallest absolute Gasteiger partial charge is 0.258 e. The number of hydrogen-bond donors (Lipinski definition) is 0. The maximum atomic E-state index is 12.8. The molecule has 1 aromatic rings. The highest BCUT2D eigenvalue weighted by molar-refractivity contribution is 6.35. The van der Waals surface area contributed by atoms with Gasteiger partial charge in [0.15, 0.2) is 0 Å². The standard InChI is InChI=1S/C6H2Cl2FNO2/c7-3-1-4(8)6(9)5(2-3)10(11)12/h1-2H. The summed E-state index contributed by atoms with van der Waals surface area (Å²) in [7, 11) is 0. The summed E-state index contributed by atoms with van der Waals surface area (Å²) in [5.74, 6) is -1.06. The van der Waals surface area contributed by atoms with Crippen LogP contribution in [0.15, 0.2) is 12.1 Å². The van der Waals surface area contributed by atoms with Crippen LogP contribution in [0.25, 0.3) is 0 Å². The first kappa shape index (κ1) is 9.22. The highest BCUT2D eigenvalue weighted by Gasteiger charge is 2.17. The van der Waals surface area contributed by atoms with Crippen molar-refractivity contribution in [1.82, 2.24) is 0 Å². The van der Waals surface area contributed by atoms with Crippen LogP contribution in [0.4, 0.5) is 10.1 Å². The Kier molecular flexibility index (Phi) is 2.49. The van der Waals surface area contributed by atoms with E-state index in [4.69, 9.17) is 23.2 Å². The number of nitro groups is 1. The van der Waals surface area contributed by atoms with E-state index < -0.39 is 16.4 Å². The van der Waals surface area contributed by atoms with Gasteiger partial charge >= 0.3 is 5.69 Å². The van der Waals surface area contributed by atoms with E-state index in [1.165, 1.54) is 0 Å². The monoisotopic (exact) mass is 209 g/mol. The van der Waals surface area contributed by atoms with Crippen LogP contribution in [0, 0.1) is 15.9 Å². The molecule has 3 nitrogen and oxygen atoms in total. The van der Waals surface area contributed by atoms with Crippen molar-refractivity contribution in [2.24, 2.45) is 0 Å². The van der Waals surface area contributed by atoms with E-state index in [2.05, 4.69) is 0 Å². The third kappa shape index (κ3) is 1.65. The van der Waals surface area contributed by atoms with Gasteiger partial charge in [-0.1, -0.05) is 23.2 Å². The minimum absolute atomic E-state index is 0.0353.